The second-order valence-corrected chi connectivity index (χ2v) is 9.04. The fourth-order valence-electron chi connectivity index (χ4n) is 5.18. The molecule has 4 rings (SSSR count). The van der Waals surface area contributed by atoms with Crippen molar-refractivity contribution >= 4 is 22.1 Å². The van der Waals surface area contributed by atoms with E-state index in [9.17, 15) is 18.0 Å². The number of esters is 2. The Hall–Kier alpha value is -1.41. The lowest BCUT2D eigenvalue weighted by molar-refractivity contribution is -0.209. The van der Waals surface area contributed by atoms with Crippen molar-refractivity contribution in [2.75, 3.05) is 12.4 Å². The van der Waals surface area contributed by atoms with E-state index in [0.29, 0.717) is 31.1 Å². The third kappa shape index (κ3) is 3.35. The quantitative estimate of drug-likeness (QED) is 0.435. The van der Waals surface area contributed by atoms with Crippen LogP contribution < -0.4 is 0 Å². The molecule has 0 aromatic carbocycles. The van der Waals surface area contributed by atoms with Gasteiger partial charge in [-0.1, -0.05) is 6.58 Å². The number of hydrogen-bond donors (Lipinski definition) is 1. The molecule has 24 heavy (non-hydrogen) atoms. The highest BCUT2D eigenvalue weighted by atomic mass is 32.2. The minimum Gasteiger partial charge on any atom is -0.464 e. The van der Waals surface area contributed by atoms with Gasteiger partial charge in [0.05, 0.1) is 5.41 Å². The van der Waals surface area contributed by atoms with Gasteiger partial charge in [-0.15, -0.1) is 0 Å². The van der Waals surface area contributed by atoms with Crippen LogP contribution in [-0.4, -0.2) is 42.9 Å². The van der Waals surface area contributed by atoms with E-state index in [-0.39, 0.29) is 6.61 Å². The molecule has 0 saturated heterocycles. The maximum absolute atomic E-state index is 12.6. The van der Waals surface area contributed by atoms with E-state index in [4.69, 9.17) is 14.0 Å². The average molecular weight is 358 g/mol. The van der Waals surface area contributed by atoms with Crippen LogP contribution in [0.3, 0.4) is 0 Å². The maximum Gasteiger partial charge on any atom is 0.330 e. The highest BCUT2D eigenvalue weighted by molar-refractivity contribution is 7.85. The molecule has 0 aromatic rings. The summed E-state index contributed by atoms with van der Waals surface area (Å²) in [5, 5.41) is 0. The Labute approximate surface area is 141 Å². The van der Waals surface area contributed by atoms with E-state index in [0.717, 1.165) is 25.3 Å². The monoisotopic (exact) mass is 358 g/mol. The second-order valence-electron chi connectivity index (χ2n) is 7.47. The molecule has 4 bridgehead atoms. The first-order valence-corrected chi connectivity index (χ1v) is 9.74. The predicted octanol–water partition coefficient (Wildman–Crippen LogP) is 1.49. The Morgan fingerprint density at radius 2 is 1.83 bits per heavy atom. The van der Waals surface area contributed by atoms with E-state index in [1.165, 1.54) is 0 Å². The smallest absolute Gasteiger partial charge is 0.330 e. The van der Waals surface area contributed by atoms with Crippen LogP contribution >= 0.6 is 0 Å². The zero-order chi connectivity index (χ0) is 17.6. The molecule has 0 aliphatic heterocycles. The SMILES string of the molecule is C=CC(=O)OC12CC3CC(C1)CC(C(=O)OCCS(=O)(=O)O)(C3)C2. The Morgan fingerprint density at radius 3 is 2.38 bits per heavy atom. The highest BCUT2D eigenvalue weighted by Gasteiger charge is 2.62. The summed E-state index contributed by atoms with van der Waals surface area (Å²) in [6, 6.07) is 0. The third-order valence-electron chi connectivity index (χ3n) is 5.50. The van der Waals surface area contributed by atoms with Gasteiger partial charge >= 0.3 is 11.9 Å². The first kappa shape index (κ1) is 17.4. The van der Waals surface area contributed by atoms with E-state index in [1.54, 1.807) is 0 Å². The summed E-state index contributed by atoms with van der Waals surface area (Å²) in [6.45, 7) is 3.06. The minimum absolute atomic E-state index is 0.304. The van der Waals surface area contributed by atoms with Crippen LogP contribution in [0.4, 0.5) is 0 Å². The van der Waals surface area contributed by atoms with Crippen molar-refractivity contribution in [2.45, 2.75) is 44.1 Å². The van der Waals surface area contributed by atoms with E-state index >= 15 is 0 Å². The maximum atomic E-state index is 12.6. The molecule has 4 saturated carbocycles. The van der Waals surface area contributed by atoms with Gasteiger partial charge < -0.3 is 9.47 Å². The van der Waals surface area contributed by atoms with Crippen molar-refractivity contribution in [3.8, 4) is 0 Å². The molecule has 4 fully saturated rings. The summed E-state index contributed by atoms with van der Waals surface area (Å²) in [7, 11) is -4.16. The standard InChI is InChI=1S/C16H22O7S/c1-2-13(17)23-16-8-11-5-12(9-16)7-15(6-11,10-16)14(18)22-3-4-24(19,20)21/h2,11-12H,1,3-10H2,(H,19,20,21). The van der Waals surface area contributed by atoms with Crippen molar-refractivity contribution in [3.63, 3.8) is 0 Å². The molecule has 4 aliphatic carbocycles. The summed E-state index contributed by atoms with van der Waals surface area (Å²) in [4.78, 5) is 24.3. The molecule has 0 amide bonds. The molecule has 0 aromatic heterocycles. The lowest BCUT2D eigenvalue weighted by atomic mass is 9.48. The van der Waals surface area contributed by atoms with Crippen LogP contribution in [-0.2, 0) is 29.2 Å². The Balaban J connectivity index is 1.74. The van der Waals surface area contributed by atoms with Crippen molar-refractivity contribution in [2.24, 2.45) is 17.3 Å². The molecule has 4 aliphatic rings. The molecule has 2 atom stereocenters. The average Bonchev–Trinajstić information content (AvgIpc) is 2.43. The van der Waals surface area contributed by atoms with Gasteiger partial charge in [-0.2, -0.15) is 8.42 Å². The Bertz CT molecular complexity index is 652. The van der Waals surface area contributed by atoms with Crippen LogP contribution in [0.25, 0.3) is 0 Å². The fourth-order valence-corrected chi connectivity index (χ4v) is 5.48. The summed E-state index contributed by atoms with van der Waals surface area (Å²) in [5.41, 5.74) is -1.36. The first-order valence-electron chi connectivity index (χ1n) is 8.13. The van der Waals surface area contributed by atoms with Crippen LogP contribution in [0.2, 0.25) is 0 Å². The third-order valence-corrected chi connectivity index (χ3v) is 6.18. The molecule has 8 heteroatoms. The predicted molar refractivity (Wildman–Crippen MR) is 83.5 cm³/mol. The zero-order valence-corrected chi connectivity index (χ0v) is 14.2. The molecule has 0 radical (unpaired) electrons. The lowest BCUT2D eigenvalue weighted by Crippen LogP contribution is -2.60. The van der Waals surface area contributed by atoms with E-state index in [1.807, 2.05) is 0 Å². The molecule has 1 N–H and O–H groups in total. The van der Waals surface area contributed by atoms with Crippen molar-refractivity contribution in [1.29, 1.82) is 0 Å². The molecule has 0 heterocycles. The highest BCUT2D eigenvalue weighted by Crippen LogP contribution is 2.63. The fraction of sp³-hybridized carbons (Fsp3) is 0.750. The number of carbonyl (C=O) groups excluding carboxylic acids is 2. The van der Waals surface area contributed by atoms with Gasteiger partial charge in [0.25, 0.3) is 10.1 Å². The van der Waals surface area contributed by atoms with E-state index < -0.39 is 38.8 Å². The van der Waals surface area contributed by atoms with Crippen molar-refractivity contribution in [1.82, 2.24) is 0 Å². The van der Waals surface area contributed by atoms with Gasteiger partial charge in [-0.25, -0.2) is 4.79 Å². The largest absolute Gasteiger partial charge is 0.464 e. The first-order chi connectivity index (χ1) is 11.2. The van der Waals surface area contributed by atoms with Crippen molar-refractivity contribution < 1.29 is 32.0 Å². The topological polar surface area (TPSA) is 107 Å². The van der Waals surface area contributed by atoms with Gasteiger partial charge in [-0.05, 0) is 43.9 Å². The zero-order valence-electron chi connectivity index (χ0n) is 13.4. The number of hydrogen-bond acceptors (Lipinski definition) is 6. The van der Waals surface area contributed by atoms with Gasteiger partial charge in [-0.3, -0.25) is 9.35 Å². The van der Waals surface area contributed by atoms with E-state index in [2.05, 4.69) is 6.58 Å². The van der Waals surface area contributed by atoms with Crippen LogP contribution in [0.1, 0.15) is 38.5 Å². The molecule has 0 spiro atoms. The van der Waals surface area contributed by atoms with Gasteiger partial charge in [0, 0.05) is 12.5 Å². The van der Waals surface area contributed by atoms with Crippen LogP contribution in [0.5, 0.6) is 0 Å². The normalized spacial score (nSPS) is 37.0. The van der Waals surface area contributed by atoms with Gasteiger partial charge in [0.2, 0.25) is 0 Å². The lowest BCUT2D eigenvalue weighted by Gasteiger charge is -2.59. The molecule has 134 valence electrons. The Kier molecular flexibility index (Phi) is 4.24. The number of ether oxygens (including phenoxy) is 2. The summed E-state index contributed by atoms with van der Waals surface area (Å²) < 4.78 is 41.0. The summed E-state index contributed by atoms with van der Waals surface area (Å²) in [5.74, 6) is -0.930. The van der Waals surface area contributed by atoms with Crippen LogP contribution in [0, 0.1) is 17.3 Å². The molecule has 7 nitrogen and oxygen atoms in total. The Morgan fingerprint density at radius 1 is 1.21 bits per heavy atom. The molecular weight excluding hydrogens is 336 g/mol. The molecule has 2 unspecified atom stereocenters. The van der Waals surface area contributed by atoms with Crippen LogP contribution in [0.15, 0.2) is 12.7 Å². The molecular formula is C16H22O7S. The second kappa shape index (κ2) is 5.84. The number of carbonyl (C=O) groups is 2. The van der Waals surface area contributed by atoms with Crippen molar-refractivity contribution in [3.05, 3.63) is 12.7 Å². The summed E-state index contributed by atoms with van der Waals surface area (Å²) >= 11 is 0. The van der Waals surface area contributed by atoms with Gasteiger partial charge in [0.1, 0.15) is 18.0 Å². The number of rotatable bonds is 6. The minimum atomic E-state index is -4.16. The summed E-state index contributed by atoms with van der Waals surface area (Å²) in [6.07, 6.45) is 5.44. The van der Waals surface area contributed by atoms with Gasteiger partial charge in [0.15, 0.2) is 0 Å².